The molecule has 0 amide bonds. The van der Waals surface area contributed by atoms with E-state index in [0.29, 0.717) is 17.7 Å². The molecule has 0 aliphatic rings. The van der Waals surface area contributed by atoms with Crippen LogP contribution in [-0.4, -0.2) is 23.8 Å². The van der Waals surface area contributed by atoms with Crippen LogP contribution in [0.5, 0.6) is 11.5 Å². The number of carboxylic acid groups (broad SMARTS) is 1. The van der Waals surface area contributed by atoms with Gasteiger partial charge in [0.05, 0.1) is 13.0 Å². The summed E-state index contributed by atoms with van der Waals surface area (Å²) in [6, 6.07) is 14.8. The van der Waals surface area contributed by atoms with Crippen LogP contribution in [0.15, 0.2) is 48.5 Å². The molecule has 1 atom stereocenters. The summed E-state index contributed by atoms with van der Waals surface area (Å²) in [7, 11) is 1.55. The standard InChI is InChI=1S/C20H24O4/c1-20(2,3)24-15-11-9-14(10-12-15)13-17(19(21)22)16-7-5-6-8-18(16)23-4/h5-12,17H,13H2,1-4H3,(H,21,22). The van der Waals surface area contributed by atoms with Gasteiger partial charge in [-0.05, 0) is 51.0 Å². The zero-order valence-electron chi connectivity index (χ0n) is 14.6. The Morgan fingerprint density at radius 3 is 2.25 bits per heavy atom. The number of hydrogen-bond donors (Lipinski definition) is 1. The van der Waals surface area contributed by atoms with Crippen LogP contribution in [0.2, 0.25) is 0 Å². The Morgan fingerprint density at radius 2 is 1.71 bits per heavy atom. The van der Waals surface area contributed by atoms with Crippen molar-refractivity contribution in [2.24, 2.45) is 0 Å². The molecule has 4 nitrogen and oxygen atoms in total. The summed E-state index contributed by atoms with van der Waals surface area (Å²) in [5.74, 6) is -0.155. The van der Waals surface area contributed by atoms with Crippen molar-refractivity contribution < 1.29 is 19.4 Å². The molecule has 0 heterocycles. The zero-order chi connectivity index (χ0) is 17.7. The summed E-state index contributed by atoms with van der Waals surface area (Å²) in [6.07, 6.45) is 0.394. The van der Waals surface area contributed by atoms with Crippen molar-refractivity contribution in [3.8, 4) is 11.5 Å². The SMILES string of the molecule is COc1ccccc1C(Cc1ccc(OC(C)(C)C)cc1)C(=O)O. The zero-order valence-corrected chi connectivity index (χ0v) is 14.6. The molecule has 0 fully saturated rings. The highest BCUT2D eigenvalue weighted by Gasteiger charge is 2.23. The van der Waals surface area contributed by atoms with Gasteiger partial charge in [-0.2, -0.15) is 0 Å². The second kappa shape index (κ2) is 7.39. The van der Waals surface area contributed by atoms with Gasteiger partial charge < -0.3 is 14.6 Å². The highest BCUT2D eigenvalue weighted by Crippen LogP contribution is 2.30. The van der Waals surface area contributed by atoms with Gasteiger partial charge in [-0.15, -0.1) is 0 Å². The van der Waals surface area contributed by atoms with Gasteiger partial charge in [-0.3, -0.25) is 4.79 Å². The second-order valence-electron chi connectivity index (χ2n) is 6.70. The van der Waals surface area contributed by atoms with E-state index in [9.17, 15) is 9.90 Å². The van der Waals surface area contributed by atoms with Crippen molar-refractivity contribution in [1.82, 2.24) is 0 Å². The summed E-state index contributed by atoms with van der Waals surface area (Å²) in [5, 5.41) is 9.64. The van der Waals surface area contributed by atoms with Gasteiger partial charge in [0.15, 0.2) is 0 Å². The van der Waals surface area contributed by atoms with Gasteiger partial charge in [0.25, 0.3) is 0 Å². The smallest absolute Gasteiger partial charge is 0.311 e. The molecule has 2 rings (SSSR count). The van der Waals surface area contributed by atoms with Gasteiger partial charge in [0, 0.05) is 5.56 Å². The summed E-state index contributed by atoms with van der Waals surface area (Å²) >= 11 is 0. The molecule has 0 radical (unpaired) electrons. The first kappa shape index (κ1) is 17.9. The minimum absolute atomic E-state index is 0.261. The fourth-order valence-corrected chi connectivity index (χ4v) is 2.57. The van der Waals surface area contributed by atoms with E-state index in [4.69, 9.17) is 9.47 Å². The Bertz CT molecular complexity index is 684. The number of para-hydroxylation sites is 1. The summed E-state index contributed by atoms with van der Waals surface area (Å²) in [5.41, 5.74) is 1.36. The number of rotatable bonds is 6. The molecule has 128 valence electrons. The Morgan fingerprint density at radius 1 is 1.08 bits per heavy atom. The van der Waals surface area contributed by atoms with Crippen molar-refractivity contribution in [2.45, 2.75) is 38.7 Å². The number of benzene rings is 2. The number of methoxy groups -OCH3 is 1. The van der Waals surface area contributed by atoms with Crippen LogP contribution in [0.25, 0.3) is 0 Å². The van der Waals surface area contributed by atoms with E-state index < -0.39 is 11.9 Å². The molecule has 0 aromatic heterocycles. The van der Waals surface area contributed by atoms with Crippen LogP contribution in [0.1, 0.15) is 37.8 Å². The van der Waals surface area contributed by atoms with Crippen molar-refractivity contribution in [2.75, 3.05) is 7.11 Å². The molecule has 4 heteroatoms. The lowest BCUT2D eigenvalue weighted by Crippen LogP contribution is -2.22. The molecule has 1 N–H and O–H groups in total. The third-order valence-electron chi connectivity index (χ3n) is 3.60. The maximum atomic E-state index is 11.7. The maximum absolute atomic E-state index is 11.7. The van der Waals surface area contributed by atoms with E-state index in [2.05, 4.69) is 0 Å². The third-order valence-corrected chi connectivity index (χ3v) is 3.60. The number of carbonyl (C=O) groups is 1. The average molecular weight is 328 g/mol. The molecule has 0 saturated carbocycles. The van der Waals surface area contributed by atoms with Crippen LogP contribution in [0.4, 0.5) is 0 Å². The summed E-state index contributed by atoms with van der Waals surface area (Å²) in [6.45, 7) is 5.97. The van der Waals surface area contributed by atoms with Gasteiger partial charge in [0.2, 0.25) is 0 Å². The third kappa shape index (κ3) is 4.75. The van der Waals surface area contributed by atoms with Gasteiger partial charge in [0.1, 0.15) is 17.1 Å². The number of ether oxygens (including phenoxy) is 2. The van der Waals surface area contributed by atoms with E-state index in [1.807, 2.05) is 57.2 Å². The second-order valence-corrected chi connectivity index (χ2v) is 6.70. The molecule has 2 aromatic rings. The van der Waals surface area contributed by atoms with E-state index in [0.717, 1.165) is 11.3 Å². The molecule has 0 aliphatic carbocycles. The Labute approximate surface area is 143 Å². The molecule has 0 saturated heterocycles. The molecule has 0 spiro atoms. The topological polar surface area (TPSA) is 55.8 Å². The lowest BCUT2D eigenvalue weighted by atomic mass is 9.91. The summed E-state index contributed by atoms with van der Waals surface area (Å²) < 4.78 is 11.1. The molecule has 1 unspecified atom stereocenters. The van der Waals surface area contributed by atoms with Crippen molar-refractivity contribution in [3.05, 3.63) is 59.7 Å². The van der Waals surface area contributed by atoms with Crippen molar-refractivity contribution in [3.63, 3.8) is 0 Å². The van der Waals surface area contributed by atoms with E-state index in [1.165, 1.54) is 0 Å². The molecule has 24 heavy (non-hydrogen) atoms. The highest BCUT2D eigenvalue weighted by molar-refractivity contribution is 5.77. The molecule has 2 aromatic carbocycles. The fourth-order valence-electron chi connectivity index (χ4n) is 2.57. The lowest BCUT2D eigenvalue weighted by Gasteiger charge is -2.21. The minimum Gasteiger partial charge on any atom is -0.496 e. The van der Waals surface area contributed by atoms with Crippen LogP contribution < -0.4 is 9.47 Å². The Balaban J connectivity index is 2.21. The fraction of sp³-hybridized carbons (Fsp3) is 0.350. The quantitative estimate of drug-likeness (QED) is 0.860. The average Bonchev–Trinajstić information content (AvgIpc) is 2.52. The van der Waals surface area contributed by atoms with Crippen molar-refractivity contribution >= 4 is 5.97 Å². The maximum Gasteiger partial charge on any atom is 0.311 e. The monoisotopic (exact) mass is 328 g/mol. The number of carboxylic acids is 1. The first-order valence-electron chi connectivity index (χ1n) is 7.94. The first-order valence-corrected chi connectivity index (χ1v) is 7.94. The predicted octanol–water partition coefficient (Wildman–Crippen LogP) is 4.28. The van der Waals surface area contributed by atoms with Crippen LogP contribution in [0.3, 0.4) is 0 Å². The van der Waals surface area contributed by atoms with E-state index in [-0.39, 0.29) is 5.60 Å². The minimum atomic E-state index is -0.866. The number of aliphatic carboxylic acids is 1. The Kier molecular flexibility index (Phi) is 5.50. The van der Waals surface area contributed by atoms with Gasteiger partial charge in [-0.1, -0.05) is 30.3 Å². The van der Waals surface area contributed by atoms with Crippen LogP contribution >= 0.6 is 0 Å². The van der Waals surface area contributed by atoms with Crippen molar-refractivity contribution in [1.29, 1.82) is 0 Å². The van der Waals surface area contributed by atoms with Gasteiger partial charge in [-0.25, -0.2) is 0 Å². The first-order chi connectivity index (χ1) is 11.3. The van der Waals surface area contributed by atoms with Crippen LogP contribution in [-0.2, 0) is 11.2 Å². The summed E-state index contributed by atoms with van der Waals surface area (Å²) in [4.78, 5) is 11.7. The largest absolute Gasteiger partial charge is 0.496 e. The molecular weight excluding hydrogens is 304 g/mol. The molecule has 0 bridgehead atoms. The number of hydrogen-bond acceptors (Lipinski definition) is 3. The van der Waals surface area contributed by atoms with Gasteiger partial charge >= 0.3 is 5.97 Å². The normalized spacial score (nSPS) is 12.5. The predicted molar refractivity (Wildman–Crippen MR) is 93.9 cm³/mol. The van der Waals surface area contributed by atoms with E-state index in [1.54, 1.807) is 19.2 Å². The Hall–Kier alpha value is -2.49. The molecular formula is C20H24O4. The highest BCUT2D eigenvalue weighted by atomic mass is 16.5. The lowest BCUT2D eigenvalue weighted by molar-refractivity contribution is -0.138. The van der Waals surface area contributed by atoms with Crippen LogP contribution in [0, 0.1) is 0 Å². The molecule has 0 aliphatic heterocycles. The van der Waals surface area contributed by atoms with E-state index >= 15 is 0 Å².